The van der Waals surface area contributed by atoms with Crippen molar-refractivity contribution < 1.29 is 14.6 Å². The van der Waals surface area contributed by atoms with Gasteiger partial charge in [0.25, 0.3) is 0 Å². The molecular formula is C15H23ClN2O3. The molecule has 6 heteroatoms. The monoisotopic (exact) mass is 314 g/mol. The van der Waals surface area contributed by atoms with Crippen molar-refractivity contribution in [3.8, 4) is 0 Å². The van der Waals surface area contributed by atoms with Crippen molar-refractivity contribution in [2.75, 3.05) is 26.3 Å². The Balaban J connectivity index is 0.00000220. The minimum Gasteiger partial charge on any atom is -0.387 e. The number of benzene rings is 1. The van der Waals surface area contributed by atoms with Gasteiger partial charge < -0.3 is 20.9 Å². The van der Waals surface area contributed by atoms with Crippen LogP contribution in [-0.2, 0) is 9.53 Å². The maximum Gasteiger partial charge on any atom is 0.227 e. The molecule has 1 aromatic carbocycles. The Hall–Kier alpha value is -1.14. The number of nitrogens with two attached hydrogens (primary N) is 1. The Kier molecular flexibility index (Phi) is 7.11. The van der Waals surface area contributed by atoms with Crippen LogP contribution < -0.4 is 11.1 Å². The summed E-state index contributed by atoms with van der Waals surface area (Å²) < 4.78 is 5.29. The van der Waals surface area contributed by atoms with Crippen LogP contribution in [0.4, 0.5) is 0 Å². The van der Waals surface area contributed by atoms with Gasteiger partial charge in [-0.25, -0.2) is 0 Å². The first-order valence-corrected chi connectivity index (χ1v) is 6.97. The first kappa shape index (κ1) is 17.9. The number of hydrogen-bond acceptors (Lipinski definition) is 4. The number of hydrogen-bond donors (Lipinski definition) is 3. The zero-order valence-electron chi connectivity index (χ0n) is 12.0. The van der Waals surface area contributed by atoms with E-state index >= 15 is 0 Å². The third-order valence-electron chi connectivity index (χ3n) is 3.96. The molecule has 1 aromatic rings. The summed E-state index contributed by atoms with van der Waals surface area (Å²) in [6, 6.07) is 9.29. The molecule has 1 atom stereocenters. The Labute approximate surface area is 131 Å². The molecule has 1 aliphatic heterocycles. The van der Waals surface area contributed by atoms with E-state index in [4.69, 9.17) is 10.5 Å². The van der Waals surface area contributed by atoms with Gasteiger partial charge in [0.1, 0.15) is 0 Å². The standard InChI is InChI=1S/C15H22N2O3.ClH/c16-11-15(6-8-20-9-7-15)14(19)17-10-13(18)12-4-2-1-3-5-12;/h1-5,13,18H,6-11,16H2,(H,17,19);1H. The van der Waals surface area contributed by atoms with Gasteiger partial charge in [0.15, 0.2) is 0 Å². The van der Waals surface area contributed by atoms with Gasteiger partial charge in [-0.3, -0.25) is 4.79 Å². The van der Waals surface area contributed by atoms with Crippen molar-refractivity contribution >= 4 is 18.3 Å². The number of aliphatic hydroxyl groups excluding tert-OH is 1. The average molecular weight is 315 g/mol. The van der Waals surface area contributed by atoms with E-state index in [0.717, 1.165) is 5.56 Å². The van der Waals surface area contributed by atoms with E-state index in [1.165, 1.54) is 0 Å². The van der Waals surface area contributed by atoms with Crippen LogP contribution in [0.1, 0.15) is 24.5 Å². The van der Waals surface area contributed by atoms with E-state index in [0.29, 0.717) is 32.6 Å². The molecular weight excluding hydrogens is 292 g/mol. The number of ether oxygens (including phenoxy) is 1. The van der Waals surface area contributed by atoms with Crippen molar-refractivity contribution in [3.63, 3.8) is 0 Å². The van der Waals surface area contributed by atoms with Crippen molar-refractivity contribution in [2.45, 2.75) is 18.9 Å². The highest BCUT2D eigenvalue weighted by molar-refractivity contribution is 5.85. The maximum absolute atomic E-state index is 12.3. The Morgan fingerprint density at radius 2 is 1.95 bits per heavy atom. The molecule has 1 fully saturated rings. The number of halogens is 1. The minimum absolute atomic E-state index is 0. The predicted octanol–water partition coefficient (Wildman–Crippen LogP) is 1.01. The molecule has 0 aromatic heterocycles. The highest BCUT2D eigenvalue weighted by Crippen LogP contribution is 2.29. The SMILES string of the molecule is Cl.NCC1(C(=O)NCC(O)c2ccccc2)CCOCC1. The van der Waals surface area contributed by atoms with Gasteiger partial charge in [0.2, 0.25) is 5.91 Å². The molecule has 0 saturated carbocycles. The number of aliphatic hydroxyl groups is 1. The Morgan fingerprint density at radius 1 is 1.33 bits per heavy atom. The molecule has 21 heavy (non-hydrogen) atoms. The van der Waals surface area contributed by atoms with Gasteiger partial charge in [-0.2, -0.15) is 0 Å². The number of rotatable bonds is 5. The fourth-order valence-electron chi connectivity index (χ4n) is 2.46. The van der Waals surface area contributed by atoms with E-state index < -0.39 is 11.5 Å². The van der Waals surface area contributed by atoms with Crippen molar-refractivity contribution in [1.29, 1.82) is 0 Å². The molecule has 1 aliphatic rings. The third kappa shape index (κ3) is 4.41. The van der Waals surface area contributed by atoms with Crippen LogP contribution in [0.5, 0.6) is 0 Å². The summed E-state index contributed by atoms with van der Waals surface area (Å²) in [7, 11) is 0. The second-order valence-electron chi connectivity index (χ2n) is 5.23. The lowest BCUT2D eigenvalue weighted by atomic mass is 9.79. The largest absolute Gasteiger partial charge is 0.387 e. The highest BCUT2D eigenvalue weighted by Gasteiger charge is 2.38. The van der Waals surface area contributed by atoms with Crippen LogP contribution in [0.15, 0.2) is 30.3 Å². The molecule has 0 bridgehead atoms. The Bertz CT molecular complexity index is 436. The topological polar surface area (TPSA) is 84.6 Å². The predicted molar refractivity (Wildman–Crippen MR) is 83.2 cm³/mol. The van der Waals surface area contributed by atoms with Crippen LogP contribution >= 0.6 is 12.4 Å². The van der Waals surface area contributed by atoms with Crippen LogP contribution in [0, 0.1) is 5.41 Å². The van der Waals surface area contributed by atoms with Gasteiger partial charge >= 0.3 is 0 Å². The minimum atomic E-state index is -0.699. The molecule has 0 aliphatic carbocycles. The molecule has 4 N–H and O–H groups in total. The second-order valence-corrected chi connectivity index (χ2v) is 5.23. The maximum atomic E-state index is 12.3. The van der Waals surface area contributed by atoms with E-state index in [9.17, 15) is 9.90 Å². The second kappa shape index (κ2) is 8.34. The molecule has 1 unspecified atom stereocenters. The van der Waals surface area contributed by atoms with Gasteiger partial charge in [-0.05, 0) is 18.4 Å². The van der Waals surface area contributed by atoms with E-state index in [1.54, 1.807) is 0 Å². The van der Waals surface area contributed by atoms with Crippen LogP contribution in [0.2, 0.25) is 0 Å². The normalized spacial score (nSPS) is 18.4. The van der Waals surface area contributed by atoms with Crippen molar-refractivity contribution in [1.82, 2.24) is 5.32 Å². The fourth-order valence-corrected chi connectivity index (χ4v) is 2.46. The van der Waals surface area contributed by atoms with Crippen molar-refractivity contribution in [2.24, 2.45) is 11.1 Å². The van der Waals surface area contributed by atoms with E-state index in [-0.39, 0.29) is 24.9 Å². The summed E-state index contributed by atoms with van der Waals surface area (Å²) in [5, 5.41) is 12.9. The zero-order valence-corrected chi connectivity index (χ0v) is 12.8. The number of amides is 1. The van der Waals surface area contributed by atoms with Gasteiger partial charge in [0, 0.05) is 26.3 Å². The smallest absolute Gasteiger partial charge is 0.227 e. The molecule has 5 nitrogen and oxygen atoms in total. The summed E-state index contributed by atoms with van der Waals surface area (Å²) in [6.07, 6.45) is 0.572. The number of carbonyl (C=O) groups is 1. The number of carbonyl (C=O) groups excluding carboxylic acids is 1. The lowest BCUT2D eigenvalue weighted by molar-refractivity contribution is -0.136. The van der Waals surface area contributed by atoms with Crippen LogP contribution in [-0.4, -0.2) is 37.3 Å². The molecule has 1 saturated heterocycles. The lowest BCUT2D eigenvalue weighted by Gasteiger charge is -2.34. The molecule has 0 spiro atoms. The van der Waals surface area contributed by atoms with Gasteiger partial charge in [0.05, 0.1) is 11.5 Å². The van der Waals surface area contributed by atoms with Gasteiger partial charge in [-0.1, -0.05) is 30.3 Å². The summed E-state index contributed by atoms with van der Waals surface area (Å²) in [4.78, 5) is 12.3. The summed E-state index contributed by atoms with van der Waals surface area (Å²) in [5.41, 5.74) is 6.02. The molecule has 118 valence electrons. The van der Waals surface area contributed by atoms with Crippen molar-refractivity contribution in [3.05, 3.63) is 35.9 Å². The molecule has 2 rings (SSSR count). The molecule has 0 radical (unpaired) electrons. The van der Waals surface area contributed by atoms with Crippen LogP contribution in [0.25, 0.3) is 0 Å². The first-order chi connectivity index (χ1) is 9.68. The average Bonchev–Trinajstić information content (AvgIpc) is 2.53. The van der Waals surface area contributed by atoms with E-state index in [1.807, 2.05) is 30.3 Å². The number of nitrogens with one attached hydrogen (secondary N) is 1. The van der Waals surface area contributed by atoms with E-state index in [2.05, 4.69) is 5.32 Å². The summed E-state index contributed by atoms with van der Waals surface area (Å²) >= 11 is 0. The summed E-state index contributed by atoms with van der Waals surface area (Å²) in [5.74, 6) is -0.0849. The van der Waals surface area contributed by atoms with Gasteiger partial charge in [-0.15, -0.1) is 12.4 Å². The molecule has 1 heterocycles. The lowest BCUT2D eigenvalue weighted by Crippen LogP contribution is -2.49. The quantitative estimate of drug-likeness (QED) is 0.757. The third-order valence-corrected chi connectivity index (χ3v) is 3.96. The Morgan fingerprint density at radius 3 is 2.52 bits per heavy atom. The van der Waals surface area contributed by atoms with Crippen LogP contribution in [0.3, 0.4) is 0 Å². The first-order valence-electron chi connectivity index (χ1n) is 6.97. The highest BCUT2D eigenvalue weighted by atomic mass is 35.5. The molecule has 1 amide bonds. The fraction of sp³-hybridized carbons (Fsp3) is 0.533. The zero-order chi connectivity index (χ0) is 14.4. The summed E-state index contributed by atoms with van der Waals surface area (Å²) in [6.45, 7) is 1.63.